The van der Waals surface area contributed by atoms with Crippen LogP contribution in [0.1, 0.15) is 52.4 Å². The van der Waals surface area contributed by atoms with Crippen LogP contribution >= 0.6 is 0 Å². The molecule has 0 aliphatic rings. The number of hydrogen-bond donors (Lipinski definition) is 2. The first-order valence-electron chi connectivity index (χ1n) is 6.08. The normalized spacial score (nSPS) is 12.5. The Bertz CT molecular complexity index is 160. The summed E-state index contributed by atoms with van der Waals surface area (Å²) in [4.78, 5) is 11.3. The van der Waals surface area contributed by atoms with Crippen molar-refractivity contribution in [3.63, 3.8) is 0 Å². The highest BCUT2D eigenvalue weighted by Crippen LogP contribution is 2.03. The molecule has 0 rings (SSSR count). The molecule has 1 amide bonds. The first kappa shape index (κ1) is 14.4. The lowest BCUT2D eigenvalue weighted by atomic mass is 10.1. The maximum absolute atomic E-state index is 11.3. The zero-order chi connectivity index (χ0) is 11.5. The first-order valence-corrected chi connectivity index (χ1v) is 6.08. The van der Waals surface area contributed by atoms with Gasteiger partial charge in [0.1, 0.15) is 0 Å². The highest BCUT2D eigenvalue weighted by atomic mass is 16.3. The molecule has 0 aliphatic heterocycles. The number of aliphatic hydroxyl groups excluding tert-OH is 1. The molecule has 90 valence electrons. The smallest absolute Gasteiger partial charge is 0.219 e. The lowest BCUT2D eigenvalue weighted by Crippen LogP contribution is -2.24. The Morgan fingerprint density at radius 1 is 1.33 bits per heavy atom. The minimum Gasteiger partial charge on any atom is -0.396 e. The monoisotopic (exact) mass is 215 g/mol. The number of carbonyl (C=O) groups excluding carboxylic acids is 1. The topological polar surface area (TPSA) is 49.3 Å². The average molecular weight is 215 g/mol. The molecule has 3 heteroatoms. The molecule has 0 saturated carbocycles. The van der Waals surface area contributed by atoms with Gasteiger partial charge in [0.25, 0.3) is 0 Å². The van der Waals surface area contributed by atoms with Crippen LogP contribution in [-0.4, -0.2) is 24.2 Å². The molecule has 2 N–H and O–H groups in total. The highest BCUT2D eigenvalue weighted by molar-refractivity contribution is 5.75. The van der Waals surface area contributed by atoms with Crippen LogP contribution in [0, 0.1) is 5.92 Å². The molecule has 0 heterocycles. The van der Waals surface area contributed by atoms with E-state index < -0.39 is 0 Å². The third-order valence-electron chi connectivity index (χ3n) is 2.51. The summed E-state index contributed by atoms with van der Waals surface area (Å²) in [6.45, 7) is 5.14. The molecular formula is C12H25NO2. The van der Waals surface area contributed by atoms with Gasteiger partial charge in [-0.2, -0.15) is 0 Å². The first-order chi connectivity index (χ1) is 7.20. The standard InChI is InChI=1S/C12H25NO2/c1-3-4-5-8-12(15)13-9-6-7-11(2)10-14/h11,14H,3-10H2,1-2H3,(H,13,15). The second-order valence-electron chi connectivity index (χ2n) is 4.24. The Morgan fingerprint density at radius 2 is 2.07 bits per heavy atom. The summed E-state index contributed by atoms with van der Waals surface area (Å²) in [6, 6.07) is 0. The zero-order valence-corrected chi connectivity index (χ0v) is 10.1. The zero-order valence-electron chi connectivity index (χ0n) is 10.1. The fraction of sp³-hybridized carbons (Fsp3) is 0.917. The molecule has 3 nitrogen and oxygen atoms in total. The Kier molecular flexibility index (Phi) is 9.59. The van der Waals surface area contributed by atoms with E-state index in [2.05, 4.69) is 12.2 Å². The van der Waals surface area contributed by atoms with Crippen LogP contribution in [0.2, 0.25) is 0 Å². The Balaban J connectivity index is 3.23. The Labute approximate surface area is 93.3 Å². The molecule has 1 unspecified atom stereocenters. The van der Waals surface area contributed by atoms with Gasteiger partial charge in [0.05, 0.1) is 0 Å². The minimum atomic E-state index is 0.167. The number of hydrogen-bond acceptors (Lipinski definition) is 2. The van der Waals surface area contributed by atoms with Crippen molar-refractivity contribution in [3.8, 4) is 0 Å². The number of amides is 1. The predicted molar refractivity (Wildman–Crippen MR) is 62.6 cm³/mol. The Hall–Kier alpha value is -0.570. The van der Waals surface area contributed by atoms with Crippen LogP contribution < -0.4 is 5.32 Å². The predicted octanol–water partition coefficient (Wildman–Crippen LogP) is 2.09. The molecule has 0 aliphatic carbocycles. The van der Waals surface area contributed by atoms with E-state index in [9.17, 15) is 4.79 Å². The van der Waals surface area contributed by atoms with Gasteiger partial charge in [-0.05, 0) is 25.2 Å². The number of nitrogens with one attached hydrogen (secondary N) is 1. The minimum absolute atomic E-state index is 0.167. The van der Waals surface area contributed by atoms with E-state index >= 15 is 0 Å². The maximum Gasteiger partial charge on any atom is 0.219 e. The van der Waals surface area contributed by atoms with Gasteiger partial charge < -0.3 is 10.4 Å². The highest BCUT2D eigenvalue weighted by Gasteiger charge is 2.02. The van der Waals surface area contributed by atoms with E-state index in [1.54, 1.807) is 0 Å². The summed E-state index contributed by atoms with van der Waals surface area (Å²) in [6.07, 6.45) is 5.88. The van der Waals surface area contributed by atoms with Gasteiger partial charge in [0.2, 0.25) is 5.91 Å². The van der Waals surface area contributed by atoms with Gasteiger partial charge in [-0.3, -0.25) is 4.79 Å². The molecule has 0 aromatic carbocycles. The third kappa shape index (κ3) is 9.73. The molecule has 0 aromatic rings. The van der Waals surface area contributed by atoms with Gasteiger partial charge in [0, 0.05) is 19.6 Å². The van der Waals surface area contributed by atoms with Gasteiger partial charge in [-0.15, -0.1) is 0 Å². The van der Waals surface area contributed by atoms with E-state index in [-0.39, 0.29) is 12.5 Å². The second kappa shape index (κ2) is 9.97. The Morgan fingerprint density at radius 3 is 2.67 bits per heavy atom. The summed E-state index contributed by atoms with van der Waals surface area (Å²) in [5.41, 5.74) is 0. The van der Waals surface area contributed by atoms with Crippen LogP contribution in [0.5, 0.6) is 0 Å². The van der Waals surface area contributed by atoms with Crippen LogP contribution in [0.15, 0.2) is 0 Å². The molecule has 15 heavy (non-hydrogen) atoms. The van der Waals surface area contributed by atoms with Gasteiger partial charge in [-0.25, -0.2) is 0 Å². The van der Waals surface area contributed by atoms with Gasteiger partial charge >= 0.3 is 0 Å². The van der Waals surface area contributed by atoms with Crippen LogP contribution in [-0.2, 0) is 4.79 Å². The lowest BCUT2D eigenvalue weighted by molar-refractivity contribution is -0.121. The van der Waals surface area contributed by atoms with Gasteiger partial charge in [-0.1, -0.05) is 26.7 Å². The van der Waals surface area contributed by atoms with Crippen molar-refractivity contribution in [2.75, 3.05) is 13.2 Å². The number of unbranched alkanes of at least 4 members (excludes halogenated alkanes) is 2. The second-order valence-corrected chi connectivity index (χ2v) is 4.24. The molecule has 0 fully saturated rings. The number of aliphatic hydroxyl groups is 1. The van der Waals surface area contributed by atoms with E-state index in [0.717, 1.165) is 38.6 Å². The summed E-state index contributed by atoms with van der Waals surface area (Å²) in [5.74, 6) is 0.516. The van der Waals surface area contributed by atoms with Crippen molar-refractivity contribution in [1.82, 2.24) is 5.32 Å². The van der Waals surface area contributed by atoms with Crippen molar-refractivity contribution >= 4 is 5.91 Å². The summed E-state index contributed by atoms with van der Waals surface area (Å²) < 4.78 is 0. The van der Waals surface area contributed by atoms with Gasteiger partial charge in [0.15, 0.2) is 0 Å². The van der Waals surface area contributed by atoms with Crippen molar-refractivity contribution in [3.05, 3.63) is 0 Å². The SMILES string of the molecule is CCCCCC(=O)NCCCC(C)CO. The fourth-order valence-electron chi connectivity index (χ4n) is 1.39. The summed E-state index contributed by atoms with van der Waals surface area (Å²) in [7, 11) is 0. The summed E-state index contributed by atoms with van der Waals surface area (Å²) in [5, 5.41) is 11.7. The fourth-order valence-corrected chi connectivity index (χ4v) is 1.39. The van der Waals surface area contributed by atoms with Crippen molar-refractivity contribution in [2.45, 2.75) is 52.4 Å². The van der Waals surface area contributed by atoms with E-state index in [0.29, 0.717) is 12.3 Å². The van der Waals surface area contributed by atoms with Crippen LogP contribution in [0.3, 0.4) is 0 Å². The quantitative estimate of drug-likeness (QED) is 0.579. The molecule has 0 radical (unpaired) electrons. The number of rotatable bonds is 9. The molecular weight excluding hydrogens is 190 g/mol. The van der Waals surface area contributed by atoms with Crippen LogP contribution in [0.25, 0.3) is 0 Å². The average Bonchev–Trinajstić information content (AvgIpc) is 2.24. The molecule has 0 aromatic heterocycles. The molecule has 0 saturated heterocycles. The van der Waals surface area contributed by atoms with Crippen molar-refractivity contribution in [2.24, 2.45) is 5.92 Å². The third-order valence-corrected chi connectivity index (χ3v) is 2.51. The van der Waals surface area contributed by atoms with E-state index in [1.807, 2.05) is 6.92 Å². The maximum atomic E-state index is 11.3. The van der Waals surface area contributed by atoms with E-state index in [4.69, 9.17) is 5.11 Å². The molecule has 0 bridgehead atoms. The van der Waals surface area contributed by atoms with Crippen molar-refractivity contribution < 1.29 is 9.90 Å². The largest absolute Gasteiger partial charge is 0.396 e. The van der Waals surface area contributed by atoms with Crippen molar-refractivity contribution in [1.29, 1.82) is 0 Å². The number of carbonyl (C=O) groups is 1. The lowest BCUT2D eigenvalue weighted by Gasteiger charge is -2.08. The summed E-state index contributed by atoms with van der Waals surface area (Å²) >= 11 is 0. The molecule has 1 atom stereocenters. The van der Waals surface area contributed by atoms with E-state index in [1.165, 1.54) is 0 Å². The van der Waals surface area contributed by atoms with Crippen LogP contribution in [0.4, 0.5) is 0 Å². The molecule has 0 spiro atoms.